The average molecular weight is 458 g/mol. The number of hydrogen-bond acceptors (Lipinski definition) is 8. The molecule has 0 unspecified atom stereocenters. The summed E-state index contributed by atoms with van der Waals surface area (Å²) in [5.41, 5.74) is 0.879. The Labute approximate surface area is 188 Å². The lowest BCUT2D eigenvalue weighted by molar-refractivity contribution is 0.291. The van der Waals surface area contributed by atoms with Gasteiger partial charge < -0.3 is 13.9 Å². The molecule has 0 aliphatic carbocycles. The first-order valence-corrected chi connectivity index (χ1v) is 11.0. The van der Waals surface area contributed by atoms with Crippen LogP contribution in [0.2, 0.25) is 5.02 Å². The van der Waals surface area contributed by atoms with Crippen molar-refractivity contribution in [3.8, 4) is 17.2 Å². The van der Waals surface area contributed by atoms with Crippen molar-refractivity contribution in [3.05, 3.63) is 71.2 Å². The van der Waals surface area contributed by atoms with Gasteiger partial charge in [-0.1, -0.05) is 23.4 Å². The van der Waals surface area contributed by atoms with Gasteiger partial charge in [0.15, 0.2) is 11.0 Å². The van der Waals surface area contributed by atoms with Gasteiger partial charge in [0.25, 0.3) is 0 Å². The summed E-state index contributed by atoms with van der Waals surface area (Å²) >= 11 is 7.51. The molecule has 2 aromatic carbocycles. The Bertz CT molecular complexity index is 1130. The lowest BCUT2D eigenvalue weighted by Crippen LogP contribution is -2.06. The van der Waals surface area contributed by atoms with Crippen LogP contribution >= 0.6 is 23.4 Å². The van der Waals surface area contributed by atoms with Crippen molar-refractivity contribution in [2.75, 3.05) is 6.61 Å². The predicted octanol–water partition coefficient (Wildman–Crippen LogP) is 4.88. The first-order chi connectivity index (χ1) is 15.1. The Balaban J connectivity index is 1.54. The topological polar surface area (TPSA) is 88.1 Å². The SMILES string of the molecule is CCOc1ccc(OCc2nnc(SCc3nnc(C)o3)n2-c2ccc(Cl)cc2)cc1. The number of thioether (sulfide) groups is 1. The van der Waals surface area contributed by atoms with E-state index in [1.807, 2.05) is 60.0 Å². The molecular formula is C21H20ClN5O3S. The van der Waals surface area contributed by atoms with Crippen molar-refractivity contribution in [2.24, 2.45) is 0 Å². The molecule has 0 aliphatic rings. The second-order valence-electron chi connectivity index (χ2n) is 6.41. The van der Waals surface area contributed by atoms with Crippen molar-refractivity contribution in [2.45, 2.75) is 31.4 Å². The highest BCUT2D eigenvalue weighted by Crippen LogP contribution is 2.27. The van der Waals surface area contributed by atoms with Crippen LogP contribution in [0.25, 0.3) is 5.69 Å². The summed E-state index contributed by atoms with van der Waals surface area (Å²) in [4.78, 5) is 0. The highest BCUT2D eigenvalue weighted by Gasteiger charge is 2.16. The molecule has 0 saturated carbocycles. The van der Waals surface area contributed by atoms with Crippen molar-refractivity contribution in [3.63, 3.8) is 0 Å². The van der Waals surface area contributed by atoms with E-state index < -0.39 is 0 Å². The van der Waals surface area contributed by atoms with Crippen molar-refractivity contribution in [1.29, 1.82) is 0 Å². The number of aromatic nitrogens is 5. The van der Waals surface area contributed by atoms with Gasteiger partial charge in [-0.05, 0) is 55.5 Å². The molecule has 0 N–H and O–H groups in total. The van der Waals surface area contributed by atoms with Gasteiger partial charge in [-0.2, -0.15) is 0 Å². The maximum Gasteiger partial charge on any atom is 0.226 e. The van der Waals surface area contributed by atoms with Crippen LogP contribution in [-0.2, 0) is 12.4 Å². The Morgan fingerprint density at radius 3 is 2.29 bits per heavy atom. The molecule has 160 valence electrons. The minimum absolute atomic E-state index is 0.240. The monoisotopic (exact) mass is 457 g/mol. The quantitative estimate of drug-likeness (QED) is 0.328. The minimum Gasteiger partial charge on any atom is -0.494 e. The molecule has 2 heterocycles. The Kier molecular flexibility index (Phi) is 6.73. The molecule has 0 saturated heterocycles. The average Bonchev–Trinajstić information content (AvgIpc) is 3.38. The smallest absolute Gasteiger partial charge is 0.226 e. The first kappa shape index (κ1) is 21.2. The summed E-state index contributed by atoms with van der Waals surface area (Å²) in [6.07, 6.45) is 0. The molecule has 0 spiro atoms. The van der Waals surface area contributed by atoms with Crippen LogP contribution in [0, 0.1) is 6.92 Å². The zero-order valence-corrected chi connectivity index (χ0v) is 18.6. The molecule has 31 heavy (non-hydrogen) atoms. The summed E-state index contributed by atoms with van der Waals surface area (Å²) in [7, 11) is 0. The Morgan fingerprint density at radius 1 is 0.935 bits per heavy atom. The minimum atomic E-state index is 0.240. The van der Waals surface area contributed by atoms with Gasteiger partial charge in [-0.15, -0.1) is 20.4 Å². The normalized spacial score (nSPS) is 10.9. The van der Waals surface area contributed by atoms with Gasteiger partial charge in [0.1, 0.15) is 18.1 Å². The summed E-state index contributed by atoms with van der Waals surface area (Å²) in [5.74, 6) is 3.70. The second-order valence-corrected chi connectivity index (χ2v) is 7.79. The number of rotatable bonds is 9. The summed E-state index contributed by atoms with van der Waals surface area (Å²) < 4.78 is 18.8. The van der Waals surface area contributed by atoms with E-state index in [0.29, 0.717) is 45.9 Å². The molecule has 0 amide bonds. The summed E-state index contributed by atoms with van der Waals surface area (Å²) in [6, 6.07) is 14.9. The second kappa shape index (κ2) is 9.84. The third-order valence-corrected chi connectivity index (χ3v) is 5.35. The van der Waals surface area contributed by atoms with E-state index >= 15 is 0 Å². The van der Waals surface area contributed by atoms with Gasteiger partial charge in [0, 0.05) is 17.6 Å². The van der Waals surface area contributed by atoms with Crippen molar-refractivity contribution >= 4 is 23.4 Å². The third-order valence-electron chi connectivity index (χ3n) is 4.18. The number of nitrogens with zero attached hydrogens (tertiary/aromatic N) is 5. The molecule has 4 aromatic rings. The number of ether oxygens (including phenoxy) is 2. The number of halogens is 1. The highest BCUT2D eigenvalue weighted by atomic mass is 35.5. The summed E-state index contributed by atoms with van der Waals surface area (Å²) in [5, 5.41) is 17.9. The molecule has 0 atom stereocenters. The van der Waals surface area contributed by atoms with Crippen LogP contribution in [-0.4, -0.2) is 31.6 Å². The largest absolute Gasteiger partial charge is 0.494 e. The van der Waals surface area contributed by atoms with Crippen LogP contribution in [0.3, 0.4) is 0 Å². The fourth-order valence-electron chi connectivity index (χ4n) is 2.81. The molecule has 10 heteroatoms. The van der Waals surface area contributed by atoms with E-state index in [4.69, 9.17) is 25.5 Å². The van der Waals surface area contributed by atoms with Crippen molar-refractivity contribution < 1.29 is 13.9 Å². The molecule has 0 radical (unpaired) electrons. The Hall–Kier alpha value is -3.04. The van der Waals surface area contributed by atoms with E-state index in [0.717, 1.165) is 11.4 Å². The van der Waals surface area contributed by atoms with Crippen LogP contribution in [0.5, 0.6) is 11.5 Å². The Morgan fingerprint density at radius 2 is 1.65 bits per heavy atom. The van der Waals surface area contributed by atoms with Gasteiger partial charge in [0.05, 0.1) is 12.4 Å². The lowest BCUT2D eigenvalue weighted by atomic mass is 10.3. The van der Waals surface area contributed by atoms with E-state index in [1.165, 1.54) is 11.8 Å². The van der Waals surface area contributed by atoms with Crippen LogP contribution in [0.1, 0.15) is 24.5 Å². The van der Waals surface area contributed by atoms with Gasteiger partial charge in [-0.25, -0.2) is 0 Å². The third kappa shape index (κ3) is 5.36. The molecule has 0 fully saturated rings. The van der Waals surface area contributed by atoms with E-state index in [2.05, 4.69) is 20.4 Å². The summed E-state index contributed by atoms with van der Waals surface area (Å²) in [6.45, 7) is 4.56. The van der Waals surface area contributed by atoms with Crippen LogP contribution < -0.4 is 9.47 Å². The predicted molar refractivity (Wildman–Crippen MR) is 117 cm³/mol. The number of aryl methyl sites for hydroxylation is 1. The maximum absolute atomic E-state index is 6.06. The zero-order chi connectivity index (χ0) is 21.6. The van der Waals surface area contributed by atoms with E-state index in [1.54, 1.807) is 6.92 Å². The zero-order valence-electron chi connectivity index (χ0n) is 17.0. The lowest BCUT2D eigenvalue weighted by Gasteiger charge is -2.11. The molecule has 2 aromatic heterocycles. The molecule has 8 nitrogen and oxygen atoms in total. The number of benzene rings is 2. The molecule has 0 aliphatic heterocycles. The van der Waals surface area contributed by atoms with Gasteiger partial charge >= 0.3 is 0 Å². The van der Waals surface area contributed by atoms with Crippen LogP contribution in [0.4, 0.5) is 0 Å². The van der Waals surface area contributed by atoms with E-state index in [-0.39, 0.29) is 6.61 Å². The molecule has 4 rings (SSSR count). The number of hydrogen-bond donors (Lipinski definition) is 0. The molecule has 0 bridgehead atoms. The fourth-order valence-corrected chi connectivity index (χ4v) is 3.74. The van der Waals surface area contributed by atoms with E-state index in [9.17, 15) is 0 Å². The highest BCUT2D eigenvalue weighted by molar-refractivity contribution is 7.98. The standard InChI is InChI=1S/C21H20ClN5O3S/c1-3-28-17-8-10-18(11-9-17)29-12-19-24-26-21(31-13-20-25-23-14(2)30-20)27(19)16-6-4-15(22)5-7-16/h4-11H,3,12-13H2,1-2H3. The van der Waals surface area contributed by atoms with Crippen LogP contribution in [0.15, 0.2) is 58.1 Å². The fraction of sp³-hybridized carbons (Fsp3) is 0.238. The maximum atomic E-state index is 6.06. The molecular weight excluding hydrogens is 438 g/mol. The van der Waals surface area contributed by atoms with Gasteiger partial charge in [-0.3, -0.25) is 4.57 Å². The van der Waals surface area contributed by atoms with Gasteiger partial charge in [0.2, 0.25) is 11.8 Å². The van der Waals surface area contributed by atoms with Crippen molar-refractivity contribution in [1.82, 2.24) is 25.0 Å². The first-order valence-electron chi connectivity index (χ1n) is 9.60.